The second-order valence-electron chi connectivity index (χ2n) is 3.23. The summed E-state index contributed by atoms with van der Waals surface area (Å²) >= 11 is 0. The molecule has 0 N–H and O–H groups in total. The van der Waals surface area contributed by atoms with Crippen LogP contribution in [-0.4, -0.2) is 20.3 Å². The van der Waals surface area contributed by atoms with E-state index in [2.05, 4.69) is 0 Å². The third-order valence-corrected chi connectivity index (χ3v) is 2.29. The van der Waals surface area contributed by atoms with Crippen LogP contribution in [0, 0.1) is 17.1 Å². The van der Waals surface area contributed by atoms with Crippen LogP contribution in [0.3, 0.4) is 0 Å². The Balaban J connectivity index is 2.59. The van der Waals surface area contributed by atoms with E-state index in [-0.39, 0.29) is 12.2 Å². The zero-order valence-electron chi connectivity index (χ0n) is 8.75. The fourth-order valence-corrected chi connectivity index (χ4v) is 1.66. The molecule has 0 amide bonds. The van der Waals surface area contributed by atoms with Crippen molar-refractivity contribution in [2.45, 2.75) is 6.42 Å². The summed E-state index contributed by atoms with van der Waals surface area (Å²) in [6.45, 7) is 0.769. The van der Waals surface area contributed by atoms with E-state index in [1.165, 1.54) is 13.2 Å². The van der Waals surface area contributed by atoms with E-state index in [1.807, 2.05) is 6.07 Å². The van der Waals surface area contributed by atoms with Crippen molar-refractivity contribution >= 4 is 0 Å². The summed E-state index contributed by atoms with van der Waals surface area (Å²) in [7, 11) is 1.36. The van der Waals surface area contributed by atoms with E-state index in [4.69, 9.17) is 19.5 Å². The SMILES string of the molecule is COc1c(F)cc2c(c1CC#N)OCCO2. The lowest BCUT2D eigenvalue weighted by molar-refractivity contribution is 0.168. The highest BCUT2D eigenvalue weighted by atomic mass is 19.1. The maximum absolute atomic E-state index is 13.6. The maximum Gasteiger partial charge on any atom is 0.169 e. The molecule has 0 unspecified atom stereocenters. The molecule has 4 nitrogen and oxygen atoms in total. The molecule has 0 bridgehead atoms. The molecular formula is C11H10FNO3. The number of nitrogens with zero attached hydrogens (tertiary/aromatic N) is 1. The molecule has 0 spiro atoms. The highest BCUT2D eigenvalue weighted by Gasteiger charge is 2.23. The zero-order chi connectivity index (χ0) is 11.5. The molecule has 0 aromatic heterocycles. The Morgan fingerprint density at radius 1 is 1.50 bits per heavy atom. The van der Waals surface area contributed by atoms with Crippen LogP contribution in [0.4, 0.5) is 4.39 Å². The van der Waals surface area contributed by atoms with E-state index < -0.39 is 5.82 Å². The summed E-state index contributed by atoms with van der Waals surface area (Å²) in [5.74, 6) is 0.239. The second kappa shape index (κ2) is 4.27. The largest absolute Gasteiger partial charge is 0.493 e. The van der Waals surface area contributed by atoms with Crippen molar-refractivity contribution in [3.63, 3.8) is 0 Å². The van der Waals surface area contributed by atoms with Gasteiger partial charge in [-0.25, -0.2) is 4.39 Å². The van der Waals surface area contributed by atoms with Crippen LogP contribution >= 0.6 is 0 Å². The third-order valence-electron chi connectivity index (χ3n) is 2.29. The number of halogens is 1. The molecule has 0 saturated heterocycles. The predicted molar refractivity (Wildman–Crippen MR) is 53.3 cm³/mol. The van der Waals surface area contributed by atoms with Crippen LogP contribution in [0.1, 0.15) is 5.56 Å². The Morgan fingerprint density at radius 3 is 2.94 bits per heavy atom. The van der Waals surface area contributed by atoms with Crippen LogP contribution in [0.15, 0.2) is 6.07 Å². The summed E-state index contributed by atoms with van der Waals surface area (Å²) in [6.07, 6.45) is 0.0205. The zero-order valence-corrected chi connectivity index (χ0v) is 8.75. The maximum atomic E-state index is 13.6. The molecule has 2 rings (SSSR count). The smallest absolute Gasteiger partial charge is 0.169 e. The molecule has 0 radical (unpaired) electrons. The van der Waals surface area contributed by atoms with Crippen molar-refractivity contribution in [3.05, 3.63) is 17.4 Å². The summed E-state index contributed by atoms with van der Waals surface area (Å²) in [5, 5.41) is 8.71. The number of rotatable bonds is 2. The first kappa shape index (κ1) is 10.6. The molecule has 0 saturated carbocycles. The van der Waals surface area contributed by atoms with Gasteiger partial charge in [0.1, 0.15) is 13.2 Å². The second-order valence-corrected chi connectivity index (χ2v) is 3.23. The standard InChI is InChI=1S/C11H10FNO3/c1-14-10-7(2-3-13)11-9(6-8(10)12)15-4-5-16-11/h6H,2,4-5H2,1H3. The lowest BCUT2D eigenvalue weighted by Gasteiger charge is -2.22. The molecule has 0 aliphatic carbocycles. The summed E-state index contributed by atoms with van der Waals surface area (Å²) in [4.78, 5) is 0. The Labute approximate surface area is 92.1 Å². The molecule has 1 heterocycles. The monoisotopic (exact) mass is 223 g/mol. The lowest BCUT2D eigenvalue weighted by atomic mass is 10.1. The fraction of sp³-hybridized carbons (Fsp3) is 0.364. The molecule has 0 atom stereocenters. The first-order chi connectivity index (χ1) is 7.77. The van der Waals surface area contributed by atoms with Gasteiger partial charge in [0.15, 0.2) is 23.1 Å². The van der Waals surface area contributed by atoms with Gasteiger partial charge in [-0.3, -0.25) is 0 Å². The third kappa shape index (κ3) is 1.63. The normalized spacial score (nSPS) is 13.1. The Hall–Kier alpha value is -1.96. The van der Waals surface area contributed by atoms with Gasteiger partial charge >= 0.3 is 0 Å². The number of hydrogen-bond acceptors (Lipinski definition) is 4. The van der Waals surface area contributed by atoms with Crippen molar-refractivity contribution in [2.75, 3.05) is 20.3 Å². The number of fused-ring (bicyclic) bond motifs is 1. The molecule has 0 fully saturated rings. The van der Waals surface area contributed by atoms with Gasteiger partial charge in [0.05, 0.1) is 25.2 Å². The molecular weight excluding hydrogens is 213 g/mol. The molecule has 16 heavy (non-hydrogen) atoms. The topological polar surface area (TPSA) is 51.5 Å². The first-order valence-electron chi connectivity index (χ1n) is 4.80. The minimum atomic E-state index is -0.544. The van der Waals surface area contributed by atoms with Gasteiger partial charge in [-0.2, -0.15) is 5.26 Å². The van der Waals surface area contributed by atoms with E-state index in [0.717, 1.165) is 0 Å². The number of benzene rings is 1. The van der Waals surface area contributed by atoms with Gasteiger partial charge in [-0.05, 0) is 0 Å². The highest BCUT2D eigenvalue weighted by Crippen LogP contribution is 2.41. The number of hydrogen-bond donors (Lipinski definition) is 0. The van der Waals surface area contributed by atoms with Crippen LogP contribution < -0.4 is 14.2 Å². The fourth-order valence-electron chi connectivity index (χ4n) is 1.66. The summed E-state index contributed by atoms with van der Waals surface area (Å²) in [5.41, 5.74) is 0.403. The van der Waals surface area contributed by atoms with E-state index in [0.29, 0.717) is 30.3 Å². The number of ether oxygens (including phenoxy) is 3. The molecule has 1 aromatic carbocycles. The van der Waals surface area contributed by atoms with Crippen LogP contribution in [0.2, 0.25) is 0 Å². The highest BCUT2D eigenvalue weighted by molar-refractivity contribution is 5.56. The van der Waals surface area contributed by atoms with Crippen molar-refractivity contribution in [1.82, 2.24) is 0 Å². The van der Waals surface area contributed by atoms with E-state index in [9.17, 15) is 4.39 Å². The number of nitriles is 1. The van der Waals surface area contributed by atoms with Gasteiger partial charge in [-0.15, -0.1) is 0 Å². The van der Waals surface area contributed by atoms with E-state index >= 15 is 0 Å². The average Bonchev–Trinajstić information content (AvgIpc) is 2.29. The molecule has 5 heteroatoms. The Kier molecular flexibility index (Phi) is 2.82. The molecule has 1 aliphatic heterocycles. The quantitative estimate of drug-likeness (QED) is 0.765. The predicted octanol–water partition coefficient (Wildman–Crippen LogP) is 1.67. The van der Waals surface area contributed by atoms with Crippen LogP contribution in [-0.2, 0) is 6.42 Å². The van der Waals surface area contributed by atoms with E-state index in [1.54, 1.807) is 0 Å². The van der Waals surface area contributed by atoms with Crippen molar-refractivity contribution in [2.24, 2.45) is 0 Å². The van der Waals surface area contributed by atoms with Crippen molar-refractivity contribution in [3.8, 4) is 23.3 Å². The average molecular weight is 223 g/mol. The van der Waals surface area contributed by atoms with Gasteiger partial charge < -0.3 is 14.2 Å². The van der Waals surface area contributed by atoms with Crippen LogP contribution in [0.25, 0.3) is 0 Å². The van der Waals surface area contributed by atoms with Crippen LogP contribution in [0.5, 0.6) is 17.2 Å². The van der Waals surface area contributed by atoms with Gasteiger partial charge in [-0.1, -0.05) is 0 Å². The molecule has 84 valence electrons. The minimum Gasteiger partial charge on any atom is -0.493 e. The van der Waals surface area contributed by atoms with Gasteiger partial charge in [0.2, 0.25) is 0 Å². The first-order valence-corrected chi connectivity index (χ1v) is 4.80. The molecule has 1 aromatic rings. The number of methoxy groups -OCH3 is 1. The lowest BCUT2D eigenvalue weighted by Crippen LogP contribution is -2.17. The Morgan fingerprint density at radius 2 is 2.25 bits per heavy atom. The van der Waals surface area contributed by atoms with Crippen molar-refractivity contribution in [1.29, 1.82) is 5.26 Å². The summed E-state index contributed by atoms with van der Waals surface area (Å²) in [6, 6.07) is 3.17. The van der Waals surface area contributed by atoms with Gasteiger partial charge in [0.25, 0.3) is 0 Å². The van der Waals surface area contributed by atoms with Crippen molar-refractivity contribution < 1.29 is 18.6 Å². The minimum absolute atomic E-state index is 0.0205. The molecule has 1 aliphatic rings. The van der Waals surface area contributed by atoms with Gasteiger partial charge in [0, 0.05) is 6.07 Å². The Bertz CT molecular complexity index is 454. The summed E-state index contributed by atoms with van der Waals surface area (Å²) < 4.78 is 29.2.